The quantitative estimate of drug-likeness (QED) is 0.832. The average molecular weight is 342 g/mol. The summed E-state index contributed by atoms with van der Waals surface area (Å²) < 4.78 is 4.90. The predicted molar refractivity (Wildman–Crippen MR) is 88.1 cm³/mol. The Bertz CT molecular complexity index is 851. The second-order valence-corrected chi connectivity index (χ2v) is 6.42. The molecule has 0 fully saturated rings. The number of esters is 1. The smallest absolute Gasteiger partial charge is 0.342 e. The van der Waals surface area contributed by atoms with Crippen LogP contribution in [-0.2, 0) is 22.4 Å². The number of phenols is 1. The lowest BCUT2D eigenvalue weighted by molar-refractivity contribution is -0.119. The summed E-state index contributed by atoms with van der Waals surface area (Å²) in [5.41, 5.74) is 1.52. The minimum Gasteiger partial charge on any atom is -0.507 e. The summed E-state index contributed by atoms with van der Waals surface area (Å²) in [6, 6.07) is 8.08. The number of fused-ring (bicyclic) bond motifs is 1. The van der Waals surface area contributed by atoms with E-state index in [1.807, 2.05) is 0 Å². The predicted octanol–water partition coefficient (Wildman–Crippen LogP) is 2.61. The highest BCUT2D eigenvalue weighted by Crippen LogP contribution is 2.38. The number of benzene rings is 1. The number of para-hydroxylation sites is 1. The molecule has 0 saturated heterocycles. The van der Waals surface area contributed by atoms with Crippen molar-refractivity contribution >= 4 is 28.2 Å². The van der Waals surface area contributed by atoms with Gasteiger partial charge in [-0.2, -0.15) is 5.26 Å². The minimum atomic E-state index is -0.780. The molecule has 24 heavy (non-hydrogen) atoms. The third kappa shape index (κ3) is 3.09. The van der Waals surface area contributed by atoms with Gasteiger partial charge in [-0.25, -0.2) is 4.79 Å². The van der Waals surface area contributed by atoms with Crippen molar-refractivity contribution in [2.45, 2.75) is 19.3 Å². The number of nitrogens with one attached hydrogen (secondary N) is 1. The summed E-state index contributed by atoms with van der Waals surface area (Å²) >= 11 is 1.40. The van der Waals surface area contributed by atoms with Crippen LogP contribution in [0.5, 0.6) is 5.75 Å². The van der Waals surface area contributed by atoms with Gasteiger partial charge < -0.3 is 15.2 Å². The third-order valence-electron chi connectivity index (χ3n) is 3.74. The number of aromatic hydroxyl groups is 1. The van der Waals surface area contributed by atoms with Crippen LogP contribution in [0.15, 0.2) is 24.3 Å². The first kappa shape index (κ1) is 16.0. The van der Waals surface area contributed by atoms with E-state index >= 15 is 0 Å². The molecule has 0 unspecified atom stereocenters. The number of rotatable bonds is 4. The first-order chi connectivity index (χ1) is 11.6. The zero-order valence-electron chi connectivity index (χ0n) is 12.7. The van der Waals surface area contributed by atoms with Gasteiger partial charge in [0.2, 0.25) is 0 Å². The molecule has 1 aliphatic carbocycles. The van der Waals surface area contributed by atoms with E-state index in [4.69, 9.17) is 4.74 Å². The number of hydrogen-bond donors (Lipinski definition) is 2. The monoisotopic (exact) mass is 342 g/mol. The standard InChI is InChI=1S/C17H14N2O4S/c18-8-12-10-5-3-7-14(10)24-16(12)19-15(21)9-23-17(22)11-4-1-2-6-13(11)20/h1-2,4,6,20H,3,5,7,9H2,(H,19,21). The Labute approximate surface area is 142 Å². The van der Waals surface area contributed by atoms with E-state index in [0.29, 0.717) is 10.6 Å². The van der Waals surface area contributed by atoms with Crippen LogP contribution in [0.3, 0.4) is 0 Å². The summed E-state index contributed by atoms with van der Waals surface area (Å²) in [6.45, 7) is -0.486. The molecule has 0 bridgehead atoms. The number of phenolic OH excluding ortho intramolecular Hbond substituents is 1. The maximum absolute atomic E-state index is 12.0. The van der Waals surface area contributed by atoms with Crippen molar-refractivity contribution in [2.24, 2.45) is 0 Å². The lowest BCUT2D eigenvalue weighted by Crippen LogP contribution is -2.21. The molecule has 0 aliphatic heterocycles. The number of carbonyl (C=O) groups excluding carboxylic acids is 2. The van der Waals surface area contributed by atoms with Crippen LogP contribution in [-0.4, -0.2) is 23.6 Å². The van der Waals surface area contributed by atoms with Gasteiger partial charge >= 0.3 is 5.97 Å². The molecule has 1 amide bonds. The molecule has 0 radical (unpaired) electrons. The molecule has 1 aliphatic rings. The van der Waals surface area contributed by atoms with Crippen molar-refractivity contribution < 1.29 is 19.4 Å². The van der Waals surface area contributed by atoms with Crippen molar-refractivity contribution in [3.63, 3.8) is 0 Å². The van der Waals surface area contributed by atoms with Gasteiger partial charge in [-0.15, -0.1) is 11.3 Å². The summed E-state index contributed by atoms with van der Waals surface area (Å²) in [7, 11) is 0. The normalized spacial score (nSPS) is 12.3. The van der Waals surface area contributed by atoms with Crippen molar-refractivity contribution in [1.29, 1.82) is 5.26 Å². The Balaban J connectivity index is 1.62. The van der Waals surface area contributed by atoms with Gasteiger partial charge in [0.05, 0.1) is 5.56 Å². The van der Waals surface area contributed by atoms with Crippen LogP contribution in [0, 0.1) is 11.3 Å². The number of nitriles is 1. The zero-order valence-corrected chi connectivity index (χ0v) is 13.5. The molecule has 1 aromatic heterocycles. The van der Waals surface area contributed by atoms with E-state index in [2.05, 4.69) is 11.4 Å². The number of thiophene rings is 1. The summed E-state index contributed by atoms with van der Waals surface area (Å²) in [5.74, 6) is -1.50. The first-order valence-electron chi connectivity index (χ1n) is 7.39. The van der Waals surface area contributed by atoms with Crippen molar-refractivity contribution in [3.05, 3.63) is 45.8 Å². The van der Waals surface area contributed by atoms with Gasteiger partial charge in [-0.1, -0.05) is 12.1 Å². The molecule has 0 atom stereocenters. The molecule has 0 saturated carbocycles. The van der Waals surface area contributed by atoms with E-state index in [9.17, 15) is 20.0 Å². The van der Waals surface area contributed by atoms with E-state index in [-0.39, 0.29) is 11.3 Å². The van der Waals surface area contributed by atoms with Gasteiger partial charge in [0.15, 0.2) is 6.61 Å². The number of amides is 1. The third-order valence-corrected chi connectivity index (χ3v) is 4.95. The number of nitrogens with zero attached hydrogens (tertiary/aromatic N) is 1. The fourth-order valence-corrected chi connectivity index (χ4v) is 3.88. The molecule has 2 N–H and O–H groups in total. The molecule has 1 aromatic carbocycles. The fourth-order valence-electron chi connectivity index (χ4n) is 2.63. The Kier molecular flexibility index (Phi) is 4.49. The SMILES string of the molecule is N#Cc1c(NC(=O)COC(=O)c2ccccc2O)sc2c1CCC2. The largest absolute Gasteiger partial charge is 0.507 e. The molecule has 122 valence electrons. The van der Waals surface area contributed by atoms with Crippen LogP contribution in [0.4, 0.5) is 5.00 Å². The van der Waals surface area contributed by atoms with Crippen LogP contribution in [0.25, 0.3) is 0 Å². The Hall–Kier alpha value is -2.85. The highest BCUT2D eigenvalue weighted by molar-refractivity contribution is 7.16. The van der Waals surface area contributed by atoms with Crippen molar-refractivity contribution in [1.82, 2.24) is 0 Å². The van der Waals surface area contributed by atoms with Crippen molar-refractivity contribution in [3.8, 4) is 11.8 Å². The molecule has 3 rings (SSSR count). The molecular weight excluding hydrogens is 328 g/mol. The van der Waals surface area contributed by atoms with Gasteiger partial charge in [0.25, 0.3) is 5.91 Å². The van der Waals surface area contributed by atoms with Crippen LogP contribution in [0.2, 0.25) is 0 Å². The summed E-state index contributed by atoms with van der Waals surface area (Å²) in [5, 5.41) is 22.0. The maximum atomic E-state index is 12.0. The van der Waals surface area contributed by atoms with Crippen LogP contribution in [0.1, 0.15) is 32.8 Å². The number of hydrogen-bond acceptors (Lipinski definition) is 6. The van der Waals surface area contributed by atoms with Crippen LogP contribution < -0.4 is 5.32 Å². The number of aryl methyl sites for hydroxylation is 1. The fraction of sp³-hybridized carbons (Fsp3) is 0.235. The highest BCUT2D eigenvalue weighted by atomic mass is 32.1. The number of ether oxygens (including phenoxy) is 1. The Morgan fingerprint density at radius 3 is 2.88 bits per heavy atom. The summed E-state index contributed by atoms with van der Waals surface area (Å²) in [4.78, 5) is 25.0. The van der Waals surface area contributed by atoms with Crippen LogP contribution >= 0.6 is 11.3 Å². The highest BCUT2D eigenvalue weighted by Gasteiger charge is 2.23. The maximum Gasteiger partial charge on any atom is 0.342 e. The number of anilines is 1. The van der Waals surface area contributed by atoms with Gasteiger partial charge in [-0.3, -0.25) is 4.79 Å². The van der Waals surface area contributed by atoms with Gasteiger partial charge in [0, 0.05) is 4.88 Å². The molecular formula is C17H14N2O4S. The van der Waals surface area contributed by atoms with E-state index in [1.165, 1.54) is 23.5 Å². The van der Waals surface area contributed by atoms with Gasteiger partial charge in [0.1, 0.15) is 22.4 Å². The first-order valence-corrected chi connectivity index (χ1v) is 8.21. The Morgan fingerprint density at radius 1 is 1.33 bits per heavy atom. The van der Waals surface area contributed by atoms with E-state index < -0.39 is 18.5 Å². The molecule has 7 heteroatoms. The van der Waals surface area contributed by atoms with E-state index in [0.717, 1.165) is 29.7 Å². The van der Waals surface area contributed by atoms with E-state index in [1.54, 1.807) is 12.1 Å². The topological polar surface area (TPSA) is 99.4 Å². The Morgan fingerprint density at radius 2 is 2.12 bits per heavy atom. The second-order valence-electron chi connectivity index (χ2n) is 5.31. The second kappa shape index (κ2) is 6.72. The molecule has 6 nitrogen and oxygen atoms in total. The number of carbonyl (C=O) groups is 2. The summed E-state index contributed by atoms with van der Waals surface area (Å²) in [6.07, 6.45) is 2.81. The molecule has 2 aromatic rings. The van der Waals surface area contributed by atoms with Crippen molar-refractivity contribution in [2.75, 3.05) is 11.9 Å². The average Bonchev–Trinajstić information content (AvgIpc) is 3.13. The van der Waals surface area contributed by atoms with Gasteiger partial charge in [-0.05, 0) is 37.0 Å². The zero-order chi connectivity index (χ0) is 17.1. The molecule has 0 spiro atoms. The minimum absolute atomic E-state index is 0.00175. The lowest BCUT2D eigenvalue weighted by Gasteiger charge is -2.07. The molecule has 1 heterocycles. The lowest BCUT2D eigenvalue weighted by atomic mass is 10.1.